The summed E-state index contributed by atoms with van der Waals surface area (Å²) in [4.78, 5) is 2.56. The van der Waals surface area contributed by atoms with Gasteiger partial charge in [-0.05, 0) is 67.2 Å². The quantitative estimate of drug-likeness (QED) is 0.912. The van der Waals surface area contributed by atoms with Gasteiger partial charge in [0.1, 0.15) is 0 Å². The van der Waals surface area contributed by atoms with E-state index >= 15 is 0 Å². The highest BCUT2D eigenvalue weighted by molar-refractivity contribution is 5.34. The molecule has 0 amide bonds. The molecule has 2 aromatic carbocycles. The van der Waals surface area contributed by atoms with E-state index in [1.165, 1.54) is 42.4 Å². The Morgan fingerprint density at radius 3 is 2.68 bits per heavy atom. The van der Waals surface area contributed by atoms with Gasteiger partial charge in [0.05, 0.1) is 0 Å². The zero-order chi connectivity index (χ0) is 17.2. The summed E-state index contributed by atoms with van der Waals surface area (Å²) in [6, 6.07) is 16.4. The Labute approximate surface area is 152 Å². The second-order valence-corrected chi connectivity index (χ2v) is 8.11. The molecule has 2 unspecified atom stereocenters. The molecule has 2 aliphatic rings. The number of likely N-dealkylation sites (tertiary alicyclic amines) is 1. The molecule has 0 saturated carbocycles. The molecule has 2 aromatic rings. The molecule has 132 valence electrons. The first kappa shape index (κ1) is 16.8. The van der Waals surface area contributed by atoms with Crippen LogP contribution < -0.4 is 5.73 Å². The lowest BCUT2D eigenvalue weighted by atomic mass is 9.87. The van der Waals surface area contributed by atoms with E-state index in [9.17, 15) is 0 Å². The summed E-state index contributed by atoms with van der Waals surface area (Å²) in [5.41, 5.74) is 13.8. The van der Waals surface area contributed by atoms with Crippen molar-refractivity contribution in [2.75, 3.05) is 13.1 Å². The number of piperidine rings is 1. The predicted octanol–water partition coefficient (Wildman–Crippen LogP) is 4.19. The van der Waals surface area contributed by atoms with Gasteiger partial charge < -0.3 is 5.73 Å². The summed E-state index contributed by atoms with van der Waals surface area (Å²) in [6.45, 7) is 5.34. The summed E-state index contributed by atoms with van der Waals surface area (Å²) in [5, 5.41) is 0. The maximum atomic E-state index is 6.41. The number of fused-ring (bicyclic) bond motifs is 1. The van der Waals surface area contributed by atoms with Crippen LogP contribution in [0.3, 0.4) is 0 Å². The lowest BCUT2D eigenvalue weighted by molar-refractivity contribution is 0.181. The first-order chi connectivity index (χ1) is 12.2. The Balaban J connectivity index is 1.48. The van der Waals surface area contributed by atoms with Crippen molar-refractivity contribution in [3.63, 3.8) is 0 Å². The maximum absolute atomic E-state index is 6.41. The Kier molecular flexibility index (Phi) is 4.91. The zero-order valence-electron chi connectivity index (χ0n) is 15.4. The van der Waals surface area contributed by atoms with E-state index in [0.29, 0.717) is 5.92 Å². The molecule has 1 heterocycles. The lowest BCUT2D eigenvalue weighted by Gasteiger charge is -2.37. The van der Waals surface area contributed by atoms with Crippen LogP contribution in [0.15, 0.2) is 42.5 Å². The van der Waals surface area contributed by atoms with E-state index in [4.69, 9.17) is 5.73 Å². The van der Waals surface area contributed by atoms with Crippen molar-refractivity contribution in [2.45, 2.75) is 57.5 Å². The molecule has 4 rings (SSSR count). The Morgan fingerprint density at radius 2 is 1.84 bits per heavy atom. The van der Waals surface area contributed by atoms with Gasteiger partial charge in [-0.25, -0.2) is 0 Å². The summed E-state index contributed by atoms with van der Waals surface area (Å²) >= 11 is 0. The van der Waals surface area contributed by atoms with Gasteiger partial charge >= 0.3 is 0 Å². The van der Waals surface area contributed by atoms with Crippen molar-refractivity contribution < 1.29 is 0 Å². The highest BCUT2D eigenvalue weighted by atomic mass is 15.1. The number of nitrogens with zero attached hydrogens (tertiary/aromatic N) is 1. The van der Waals surface area contributed by atoms with Gasteiger partial charge in [0.25, 0.3) is 0 Å². The minimum atomic E-state index is 0.275. The molecule has 1 fully saturated rings. The second kappa shape index (κ2) is 7.31. The maximum Gasteiger partial charge on any atom is 0.0234 e. The third-order valence-electron chi connectivity index (χ3n) is 5.89. The molecule has 2 heteroatoms. The topological polar surface area (TPSA) is 29.3 Å². The van der Waals surface area contributed by atoms with E-state index in [0.717, 1.165) is 26.1 Å². The molecule has 1 aliphatic heterocycles. The molecule has 0 spiro atoms. The summed E-state index contributed by atoms with van der Waals surface area (Å²) < 4.78 is 0. The summed E-state index contributed by atoms with van der Waals surface area (Å²) in [5.74, 6) is 0.557. The van der Waals surface area contributed by atoms with E-state index in [1.807, 2.05) is 0 Å². The number of rotatable bonds is 3. The highest BCUT2D eigenvalue weighted by Gasteiger charge is 2.26. The van der Waals surface area contributed by atoms with Gasteiger partial charge in [-0.1, -0.05) is 48.0 Å². The van der Waals surface area contributed by atoms with Crippen LogP contribution in [0.2, 0.25) is 0 Å². The molecular weight excluding hydrogens is 304 g/mol. The average molecular weight is 335 g/mol. The van der Waals surface area contributed by atoms with Crippen molar-refractivity contribution in [3.05, 3.63) is 70.3 Å². The fourth-order valence-corrected chi connectivity index (χ4v) is 4.67. The van der Waals surface area contributed by atoms with Crippen LogP contribution in [0.25, 0.3) is 0 Å². The molecular formula is C23H30N2. The van der Waals surface area contributed by atoms with E-state index in [2.05, 4.69) is 54.3 Å². The van der Waals surface area contributed by atoms with Gasteiger partial charge in [-0.15, -0.1) is 0 Å². The van der Waals surface area contributed by atoms with Crippen molar-refractivity contribution in [1.82, 2.24) is 4.90 Å². The third-order valence-corrected chi connectivity index (χ3v) is 5.89. The second-order valence-electron chi connectivity index (χ2n) is 8.11. The van der Waals surface area contributed by atoms with E-state index in [1.54, 1.807) is 11.1 Å². The van der Waals surface area contributed by atoms with Crippen LogP contribution in [0, 0.1) is 6.92 Å². The molecule has 2 N–H and O–H groups in total. The van der Waals surface area contributed by atoms with Gasteiger partial charge in [0, 0.05) is 25.7 Å². The third kappa shape index (κ3) is 3.96. The fraction of sp³-hybridized carbons (Fsp3) is 0.478. The first-order valence-electron chi connectivity index (χ1n) is 9.82. The van der Waals surface area contributed by atoms with Gasteiger partial charge in [-0.2, -0.15) is 0 Å². The molecule has 0 radical (unpaired) electrons. The normalized spacial score (nSPS) is 24.1. The molecule has 1 aliphatic carbocycles. The molecule has 2 atom stereocenters. The summed E-state index contributed by atoms with van der Waals surface area (Å²) in [7, 11) is 0. The van der Waals surface area contributed by atoms with Crippen LogP contribution in [0.4, 0.5) is 0 Å². The van der Waals surface area contributed by atoms with Gasteiger partial charge in [-0.3, -0.25) is 4.90 Å². The smallest absolute Gasteiger partial charge is 0.0234 e. The minimum absolute atomic E-state index is 0.275. The van der Waals surface area contributed by atoms with Crippen molar-refractivity contribution in [2.24, 2.45) is 5.73 Å². The largest absolute Gasteiger partial charge is 0.327 e. The summed E-state index contributed by atoms with van der Waals surface area (Å²) in [6.07, 6.45) is 6.32. The molecule has 2 nitrogen and oxygen atoms in total. The minimum Gasteiger partial charge on any atom is -0.327 e. The zero-order valence-corrected chi connectivity index (χ0v) is 15.4. The van der Waals surface area contributed by atoms with E-state index in [-0.39, 0.29) is 6.04 Å². The van der Waals surface area contributed by atoms with Crippen molar-refractivity contribution in [1.29, 1.82) is 0 Å². The number of hydrogen-bond donors (Lipinski definition) is 1. The van der Waals surface area contributed by atoms with Crippen LogP contribution in [-0.2, 0) is 19.4 Å². The highest BCUT2D eigenvalue weighted by Crippen LogP contribution is 2.29. The number of nitrogens with two attached hydrogens (primary N) is 1. The van der Waals surface area contributed by atoms with Gasteiger partial charge in [0.2, 0.25) is 0 Å². The van der Waals surface area contributed by atoms with Crippen LogP contribution >= 0.6 is 0 Å². The monoisotopic (exact) mass is 334 g/mol. The van der Waals surface area contributed by atoms with Crippen molar-refractivity contribution >= 4 is 0 Å². The lowest BCUT2D eigenvalue weighted by Crippen LogP contribution is -2.45. The SMILES string of the molecule is Cc1cccc(C2CC(N)CN(Cc3ccc4c(c3)CCCC4)C2)c1. The van der Waals surface area contributed by atoms with E-state index < -0.39 is 0 Å². The predicted molar refractivity (Wildman–Crippen MR) is 105 cm³/mol. The Morgan fingerprint density at radius 1 is 1.00 bits per heavy atom. The standard InChI is InChI=1S/C23H30N2/c1-17-5-4-8-20(11-17)22-13-23(24)16-25(15-22)14-18-9-10-19-6-2-3-7-21(19)12-18/h4-5,8-12,22-23H,2-3,6-7,13-16,24H2,1H3. The molecule has 25 heavy (non-hydrogen) atoms. The molecule has 0 aromatic heterocycles. The van der Waals surface area contributed by atoms with Gasteiger partial charge in [0.15, 0.2) is 0 Å². The van der Waals surface area contributed by atoms with Crippen LogP contribution in [0.1, 0.15) is 53.0 Å². The fourth-order valence-electron chi connectivity index (χ4n) is 4.67. The number of benzene rings is 2. The van der Waals surface area contributed by atoms with Crippen LogP contribution in [-0.4, -0.2) is 24.0 Å². The molecule has 1 saturated heterocycles. The average Bonchev–Trinajstić information content (AvgIpc) is 2.61. The number of aryl methyl sites for hydroxylation is 3. The number of hydrogen-bond acceptors (Lipinski definition) is 2. The first-order valence-corrected chi connectivity index (χ1v) is 9.82. The Hall–Kier alpha value is -1.64. The van der Waals surface area contributed by atoms with Crippen molar-refractivity contribution in [3.8, 4) is 0 Å². The Bertz CT molecular complexity index is 737. The molecule has 0 bridgehead atoms. The van der Waals surface area contributed by atoms with Crippen LogP contribution in [0.5, 0.6) is 0 Å².